The van der Waals surface area contributed by atoms with Crippen LogP contribution in [0.5, 0.6) is 0 Å². The molecule has 1 aliphatic rings. The van der Waals surface area contributed by atoms with Crippen LogP contribution in [-0.4, -0.2) is 55.2 Å². The lowest BCUT2D eigenvalue weighted by Gasteiger charge is -2.20. The fourth-order valence-corrected chi connectivity index (χ4v) is 2.37. The van der Waals surface area contributed by atoms with E-state index in [0.29, 0.717) is 15.3 Å². The van der Waals surface area contributed by atoms with E-state index in [1.807, 2.05) is 0 Å². The maximum atomic E-state index is 13.8. The van der Waals surface area contributed by atoms with E-state index in [0.717, 1.165) is 6.92 Å². The minimum Gasteiger partial charge on any atom is -0.394 e. The number of ketones is 1. The van der Waals surface area contributed by atoms with Gasteiger partial charge in [-0.3, -0.25) is 14.2 Å². The Morgan fingerprint density at radius 1 is 1.39 bits per heavy atom. The quantitative estimate of drug-likeness (QED) is 0.576. The van der Waals surface area contributed by atoms with E-state index in [9.17, 15) is 29.0 Å². The van der Waals surface area contributed by atoms with Crippen molar-refractivity contribution in [2.75, 3.05) is 6.61 Å². The number of ether oxygens (including phenoxy) is 1. The molecule has 1 aromatic heterocycles. The Kier molecular flexibility index (Phi) is 4.80. The van der Waals surface area contributed by atoms with Crippen molar-refractivity contribution in [2.24, 2.45) is 0 Å². The topological polar surface area (TPSA) is 131 Å². The molecule has 0 saturated carbocycles. The van der Waals surface area contributed by atoms with Gasteiger partial charge < -0.3 is 20.1 Å². The lowest BCUT2D eigenvalue weighted by Crippen LogP contribution is -2.47. The summed E-state index contributed by atoms with van der Waals surface area (Å²) in [6.07, 6.45) is -5.26. The molecule has 0 amide bonds. The van der Waals surface area contributed by atoms with Gasteiger partial charge in [-0.1, -0.05) is 0 Å². The van der Waals surface area contributed by atoms with Crippen LogP contribution in [0.4, 0.5) is 4.39 Å². The average molecular weight is 332 g/mol. The van der Waals surface area contributed by atoms with Crippen LogP contribution in [0.1, 0.15) is 26.1 Å². The van der Waals surface area contributed by atoms with E-state index in [1.165, 1.54) is 6.92 Å². The molecule has 3 N–H and O–H groups in total. The third-order valence-electron chi connectivity index (χ3n) is 3.87. The summed E-state index contributed by atoms with van der Waals surface area (Å²) in [4.78, 5) is 35.6. The Hall–Kier alpha value is -1.88. The van der Waals surface area contributed by atoms with E-state index in [2.05, 4.69) is 0 Å². The average Bonchev–Trinajstić information content (AvgIpc) is 2.78. The first-order valence-corrected chi connectivity index (χ1v) is 6.86. The fraction of sp³-hybridized carbons (Fsp3) is 0.615. The molecule has 0 aromatic carbocycles. The molecule has 0 radical (unpaired) electrons. The standard InChI is InChI=1S/C13H17FN2O7/c1-5(6(2)18)16-11(21)7(14)3-15(13(16)22)12-10(20)9(19)8(4-17)23-12/h3,5,8-10,12,17,19-20H,4H2,1-2H3/t5?,8-,9-,10-,12-/m1/s1. The summed E-state index contributed by atoms with van der Waals surface area (Å²) < 4.78 is 20.0. The molecule has 9 nitrogen and oxygen atoms in total. The third-order valence-corrected chi connectivity index (χ3v) is 3.87. The molecule has 2 heterocycles. The second-order valence-electron chi connectivity index (χ2n) is 5.36. The lowest BCUT2D eigenvalue weighted by atomic mass is 10.1. The molecule has 5 atom stereocenters. The molecule has 1 saturated heterocycles. The van der Waals surface area contributed by atoms with Crippen LogP contribution in [0.2, 0.25) is 0 Å². The van der Waals surface area contributed by atoms with Crippen LogP contribution in [0.15, 0.2) is 15.8 Å². The molecular weight excluding hydrogens is 315 g/mol. The summed E-state index contributed by atoms with van der Waals surface area (Å²) in [6.45, 7) is 1.76. The minimum atomic E-state index is -1.62. The first-order valence-electron chi connectivity index (χ1n) is 6.86. The number of nitrogens with zero attached hydrogens (tertiary/aromatic N) is 2. The molecule has 10 heteroatoms. The van der Waals surface area contributed by atoms with Crippen LogP contribution in [0.3, 0.4) is 0 Å². The summed E-state index contributed by atoms with van der Waals surface area (Å²) in [5.74, 6) is -1.86. The van der Waals surface area contributed by atoms with Gasteiger partial charge in [-0.15, -0.1) is 0 Å². The number of hydrogen-bond donors (Lipinski definition) is 3. The molecule has 2 rings (SSSR count). The van der Waals surface area contributed by atoms with Crippen LogP contribution in [-0.2, 0) is 9.53 Å². The number of carbonyl (C=O) groups excluding carboxylic acids is 1. The van der Waals surface area contributed by atoms with E-state index in [4.69, 9.17) is 9.84 Å². The molecule has 1 aliphatic heterocycles. The van der Waals surface area contributed by atoms with Crippen LogP contribution < -0.4 is 11.2 Å². The van der Waals surface area contributed by atoms with Gasteiger partial charge in [0.1, 0.15) is 18.3 Å². The van der Waals surface area contributed by atoms with Crippen molar-refractivity contribution in [3.63, 3.8) is 0 Å². The van der Waals surface area contributed by atoms with E-state index in [1.54, 1.807) is 0 Å². The molecular formula is C13H17FN2O7. The Labute approximate surface area is 129 Å². The highest BCUT2D eigenvalue weighted by molar-refractivity contribution is 5.79. The number of carbonyl (C=O) groups is 1. The highest BCUT2D eigenvalue weighted by atomic mass is 19.1. The fourth-order valence-electron chi connectivity index (χ4n) is 2.37. The van der Waals surface area contributed by atoms with Crippen molar-refractivity contribution in [1.29, 1.82) is 0 Å². The first kappa shape index (κ1) is 17.5. The van der Waals surface area contributed by atoms with Crippen LogP contribution in [0, 0.1) is 5.82 Å². The largest absolute Gasteiger partial charge is 0.394 e. The first-order chi connectivity index (χ1) is 10.7. The van der Waals surface area contributed by atoms with E-state index >= 15 is 0 Å². The molecule has 0 aliphatic carbocycles. The summed E-state index contributed by atoms with van der Waals surface area (Å²) >= 11 is 0. The summed E-state index contributed by atoms with van der Waals surface area (Å²) in [5.41, 5.74) is -2.35. The predicted molar refractivity (Wildman–Crippen MR) is 73.3 cm³/mol. The van der Waals surface area contributed by atoms with Crippen molar-refractivity contribution < 1.29 is 29.2 Å². The number of rotatable bonds is 4. The molecule has 0 bridgehead atoms. The predicted octanol–water partition coefficient (Wildman–Crippen LogP) is -2.09. The van der Waals surface area contributed by atoms with Gasteiger partial charge >= 0.3 is 5.69 Å². The zero-order valence-electron chi connectivity index (χ0n) is 12.4. The summed E-state index contributed by atoms with van der Waals surface area (Å²) in [6, 6.07) is -1.21. The molecule has 1 aromatic rings. The number of aliphatic hydroxyl groups is 3. The van der Waals surface area contributed by atoms with E-state index < -0.39 is 60.0 Å². The molecule has 0 spiro atoms. The van der Waals surface area contributed by atoms with Gasteiger partial charge in [0.2, 0.25) is 5.82 Å². The Morgan fingerprint density at radius 2 is 2.00 bits per heavy atom. The maximum absolute atomic E-state index is 13.8. The summed E-state index contributed by atoms with van der Waals surface area (Å²) in [7, 11) is 0. The number of hydrogen-bond acceptors (Lipinski definition) is 7. The maximum Gasteiger partial charge on any atom is 0.334 e. The van der Waals surface area contributed by atoms with Crippen LogP contribution >= 0.6 is 0 Å². The Bertz CT molecular complexity index is 728. The van der Waals surface area contributed by atoms with Crippen molar-refractivity contribution in [3.05, 3.63) is 32.9 Å². The minimum absolute atomic E-state index is 0.409. The van der Waals surface area contributed by atoms with Crippen molar-refractivity contribution in [1.82, 2.24) is 9.13 Å². The second-order valence-corrected chi connectivity index (χ2v) is 5.36. The molecule has 1 fully saturated rings. The monoisotopic (exact) mass is 332 g/mol. The van der Waals surface area contributed by atoms with Gasteiger partial charge in [-0.2, -0.15) is 4.39 Å². The Balaban J connectivity index is 2.60. The normalized spacial score (nSPS) is 28.8. The van der Waals surface area contributed by atoms with Crippen molar-refractivity contribution in [3.8, 4) is 0 Å². The number of Topliss-reactive ketones (excluding diaryl/α,β-unsaturated/α-hetero) is 1. The zero-order valence-corrected chi connectivity index (χ0v) is 12.4. The number of aromatic nitrogens is 2. The van der Waals surface area contributed by atoms with Gasteiger partial charge in [0, 0.05) is 0 Å². The van der Waals surface area contributed by atoms with Gasteiger partial charge in [0.15, 0.2) is 12.0 Å². The summed E-state index contributed by atoms with van der Waals surface area (Å²) in [5, 5.41) is 28.7. The number of aliphatic hydroxyl groups excluding tert-OH is 3. The SMILES string of the molecule is CC(=O)C(C)n1c(=O)c(F)cn([C@@H]2O[C@H](CO)[C@@H](O)[C@H]2O)c1=O. The van der Waals surface area contributed by atoms with Gasteiger partial charge in [0.05, 0.1) is 18.8 Å². The second kappa shape index (κ2) is 6.32. The molecule has 128 valence electrons. The van der Waals surface area contributed by atoms with Crippen LogP contribution in [0.25, 0.3) is 0 Å². The third kappa shape index (κ3) is 2.85. The lowest BCUT2D eigenvalue weighted by molar-refractivity contribution is -0.119. The van der Waals surface area contributed by atoms with E-state index in [-0.39, 0.29) is 0 Å². The van der Waals surface area contributed by atoms with Gasteiger partial charge in [-0.25, -0.2) is 9.36 Å². The smallest absolute Gasteiger partial charge is 0.334 e. The highest BCUT2D eigenvalue weighted by Gasteiger charge is 2.44. The zero-order chi connectivity index (χ0) is 17.5. The van der Waals surface area contributed by atoms with Crippen molar-refractivity contribution >= 4 is 5.78 Å². The van der Waals surface area contributed by atoms with Gasteiger partial charge in [-0.05, 0) is 13.8 Å². The van der Waals surface area contributed by atoms with Gasteiger partial charge in [0.25, 0.3) is 5.56 Å². The Morgan fingerprint density at radius 3 is 2.48 bits per heavy atom. The van der Waals surface area contributed by atoms with Crippen molar-refractivity contribution in [2.45, 2.75) is 44.4 Å². The number of halogens is 1. The highest BCUT2D eigenvalue weighted by Crippen LogP contribution is 2.28. The molecule has 1 unspecified atom stereocenters. The molecule has 23 heavy (non-hydrogen) atoms.